The molecule has 2 N–H and O–H groups in total. The van der Waals surface area contributed by atoms with E-state index in [0.717, 1.165) is 5.56 Å². The van der Waals surface area contributed by atoms with Crippen LogP contribution in [0.4, 0.5) is 0 Å². The molecule has 0 unspecified atom stereocenters. The Morgan fingerprint density at radius 3 is 2.62 bits per heavy atom. The van der Waals surface area contributed by atoms with Crippen LogP contribution >= 0.6 is 0 Å². The Hall–Kier alpha value is -2.01. The Balaban J connectivity index is 1.89. The highest BCUT2D eigenvalue weighted by Gasteiger charge is 2.07. The molecule has 0 fully saturated rings. The lowest BCUT2D eigenvalue weighted by Gasteiger charge is -2.01. The Morgan fingerprint density at radius 1 is 1.25 bits per heavy atom. The van der Waals surface area contributed by atoms with Crippen molar-refractivity contribution in [2.24, 2.45) is 0 Å². The van der Waals surface area contributed by atoms with Crippen molar-refractivity contribution in [3.8, 4) is 5.95 Å². The molecule has 0 amide bonds. The fourth-order valence-corrected chi connectivity index (χ4v) is 1.29. The molecule has 0 saturated heterocycles. The Labute approximate surface area is 91.3 Å². The number of nitrogens with one attached hydrogen (secondary N) is 1. The molecule has 0 radical (unpaired) electrons. The maximum absolute atomic E-state index is 10.7. The highest BCUT2D eigenvalue weighted by molar-refractivity contribution is 5.14. The number of aromatic nitrogens is 1. The molecule has 0 bridgehead atoms. The molecule has 2 rings (SSSR count). The Kier molecular flexibility index (Phi) is 3.07. The summed E-state index contributed by atoms with van der Waals surface area (Å²) in [6, 6.07) is 9.60. The molecule has 2 aromatic rings. The molecule has 16 heavy (non-hydrogen) atoms. The van der Waals surface area contributed by atoms with E-state index < -0.39 is 11.7 Å². The van der Waals surface area contributed by atoms with Crippen LogP contribution in [0.2, 0.25) is 0 Å². The number of oxazole rings is 1. The van der Waals surface area contributed by atoms with Gasteiger partial charge in [0, 0.05) is 0 Å². The number of rotatable bonds is 4. The van der Waals surface area contributed by atoms with E-state index in [9.17, 15) is 4.79 Å². The third kappa shape index (κ3) is 2.52. The molecule has 0 atom stereocenters. The van der Waals surface area contributed by atoms with Gasteiger partial charge >= 0.3 is 11.7 Å². The first-order valence-corrected chi connectivity index (χ1v) is 4.78. The smallest absolute Gasteiger partial charge is 0.419 e. The van der Waals surface area contributed by atoms with E-state index >= 15 is 0 Å². The second-order valence-corrected chi connectivity index (χ2v) is 3.28. The van der Waals surface area contributed by atoms with Crippen molar-refractivity contribution in [2.45, 2.75) is 13.2 Å². The molecular weight excluding hydrogens is 210 g/mol. The molecule has 5 nitrogen and oxygen atoms in total. The summed E-state index contributed by atoms with van der Waals surface area (Å²) in [5.41, 5.74) is 1.27. The lowest BCUT2D eigenvalue weighted by molar-refractivity contribution is 0.102. The average Bonchev–Trinajstić information content (AvgIpc) is 2.59. The van der Waals surface area contributed by atoms with E-state index in [-0.39, 0.29) is 12.3 Å². The van der Waals surface area contributed by atoms with Crippen molar-refractivity contribution in [2.75, 3.05) is 0 Å². The van der Waals surface area contributed by atoms with Crippen LogP contribution < -0.4 is 5.76 Å². The first kappa shape index (κ1) is 10.5. The second kappa shape index (κ2) is 4.67. The number of benzene rings is 1. The molecule has 0 aliphatic carbocycles. The number of aromatic amines is 1. The molecule has 1 aromatic carbocycles. The highest BCUT2D eigenvalue weighted by Crippen LogP contribution is 2.12. The number of hydrogen-bond donors (Lipinski definition) is 2. The molecule has 84 valence electrons. The topological polar surface area (TPSA) is 75.5 Å². The predicted octanol–water partition coefficient (Wildman–Crippen LogP) is 1.39. The van der Waals surface area contributed by atoms with Gasteiger partial charge in [0.15, 0.2) is 0 Å². The largest absolute Gasteiger partial charge is 0.479 e. The number of ether oxygens (including phenoxy) is 1. The molecule has 1 heterocycles. The molecule has 5 heteroatoms. The Morgan fingerprint density at radius 2 is 2.00 bits per heavy atom. The quantitative estimate of drug-likeness (QED) is 0.818. The van der Waals surface area contributed by atoms with Crippen LogP contribution in [-0.4, -0.2) is 10.1 Å². The van der Waals surface area contributed by atoms with Crippen molar-refractivity contribution >= 4 is 0 Å². The summed E-state index contributed by atoms with van der Waals surface area (Å²) in [7, 11) is 0. The summed E-state index contributed by atoms with van der Waals surface area (Å²) in [4.78, 5) is 13.0. The van der Waals surface area contributed by atoms with E-state index in [1.54, 1.807) is 0 Å². The SMILES string of the molecule is O=c1[nH]c(COCc2ccccc2)c(O)o1. The van der Waals surface area contributed by atoms with Crippen molar-refractivity contribution in [1.29, 1.82) is 0 Å². The zero-order chi connectivity index (χ0) is 11.4. The summed E-state index contributed by atoms with van der Waals surface area (Å²) in [5, 5.41) is 9.15. The first-order valence-electron chi connectivity index (χ1n) is 4.78. The minimum atomic E-state index is -0.684. The van der Waals surface area contributed by atoms with Gasteiger partial charge in [-0.25, -0.2) is 4.79 Å². The van der Waals surface area contributed by atoms with E-state index in [2.05, 4.69) is 9.40 Å². The molecule has 1 aromatic heterocycles. The van der Waals surface area contributed by atoms with Gasteiger partial charge in [0.25, 0.3) is 0 Å². The summed E-state index contributed by atoms with van der Waals surface area (Å²) in [5.74, 6) is -1.10. The zero-order valence-electron chi connectivity index (χ0n) is 8.47. The first-order chi connectivity index (χ1) is 7.75. The number of hydrogen-bond acceptors (Lipinski definition) is 4. The second-order valence-electron chi connectivity index (χ2n) is 3.28. The molecule has 0 spiro atoms. The summed E-state index contributed by atoms with van der Waals surface area (Å²) in [6.45, 7) is 0.514. The van der Waals surface area contributed by atoms with Gasteiger partial charge in [-0.1, -0.05) is 30.3 Å². The van der Waals surface area contributed by atoms with Gasteiger partial charge in [0.05, 0.1) is 13.2 Å². The van der Waals surface area contributed by atoms with Gasteiger partial charge in [-0.15, -0.1) is 0 Å². The average molecular weight is 221 g/mol. The number of H-pyrrole nitrogens is 1. The van der Waals surface area contributed by atoms with Crippen LogP contribution in [0.3, 0.4) is 0 Å². The van der Waals surface area contributed by atoms with E-state index in [0.29, 0.717) is 6.61 Å². The van der Waals surface area contributed by atoms with Gasteiger partial charge in [0.2, 0.25) is 0 Å². The van der Waals surface area contributed by atoms with Crippen LogP contribution in [0.15, 0.2) is 39.5 Å². The summed E-state index contributed by atoms with van der Waals surface area (Å²) >= 11 is 0. The third-order valence-electron chi connectivity index (χ3n) is 2.06. The molecule has 0 aliphatic heterocycles. The lowest BCUT2D eigenvalue weighted by atomic mass is 10.2. The number of aromatic hydroxyl groups is 1. The van der Waals surface area contributed by atoms with Crippen LogP contribution in [0.25, 0.3) is 0 Å². The van der Waals surface area contributed by atoms with Gasteiger partial charge in [-0.2, -0.15) is 0 Å². The molecule has 0 aliphatic rings. The highest BCUT2D eigenvalue weighted by atomic mass is 16.5. The summed E-state index contributed by atoms with van der Waals surface area (Å²) < 4.78 is 9.69. The van der Waals surface area contributed by atoms with Gasteiger partial charge < -0.3 is 14.3 Å². The van der Waals surface area contributed by atoms with Crippen LogP contribution in [0.1, 0.15) is 11.3 Å². The van der Waals surface area contributed by atoms with Crippen molar-refractivity contribution in [1.82, 2.24) is 4.98 Å². The zero-order valence-corrected chi connectivity index (χ0v) is 8.47. The van der Waals surface area contributed by atoms with Crippen molar-refractivity contribution < 1.29 is 14.3 Å². The van der Waals surface area contributed by atoms with Crippen LogP contribution in [0, 0.1) is 0 Å². The monoisotopic (exact) mass is 221 g/mol. The minimum absolute atomic E-state index is 0.104. The van der Waals surface area contributed by atoms with E-state index in [1.165, 1.54) is 0 Å². The van der Waals surface area contributed by atoms with Crippen LogP contribution in [-0.2, 0) is 18.0 Å². The van der Waals surface area contributed by atoms with Crippen molar-refractivity contribution in [3.05, 3.63) is 52.1 Å². The minimum Gasteiger partial charge on any atom is -0.479 e. The normalized spacial score (nSPS) is 10.5. The van der Waals surface area contributed by atoms with Gasteiger partial charge in [-0.3, -0.25) is 4.98 Å². The standard InChI is InChI=1S/C11H11NO4/c13-10-9(12-11(14)16-10)7-15-6-8-4-2-1-3-5-8/h1-5,13H,6-7H2,(H,12,14). The molecular formula is C11H11NO4. The maximum Gasteiger partial charge on any atom is 0.419 e. The summed E-state index contributed by atoms with van der Waals surface area (Å²) in [6.07, 6.45) is 0. The van der Waals surface area contributed by atoms with Crippen molar-refractivity contribution in [3.63, 3.8) is 0 Å². The predicted molar refractivity (Wildman–Crippen MR) is 55.9 cm³/mol. The fraction of sp³-hybridized carbons (Fsp3) is 0.182. The van der Waals surface area contributed by atoms with Gasteiger partial charge in [0.1, 0.15) is 5.69 Å². The van der Waals surface area contributed by atoms with E-state index in [1.807, 2.05) is 30.3 Å². The maximum atomic E-state index is 10.7. The third-order valence-corrected chi connectivity index (χ3v) is 2.06. The van der Waals surface area contributed by atoms with Crippen LogP contribution in [0.5, 0.6) is 5.95 Å². The Bertz CT molecular complexity index is 500. The fourth-order valence-electron chi connectivity index (χ4n) is 1.29. The van der Waals surface area contributed by atoms with Gasteiger partial charge in [-0.05, 0) is 5.56 Å². The molecule has 0 saturated carbocycles. The van der Waals surface area contributed by atoms with E-state index in [4.69, 9.17) is 9.84 Å². The lowest BCUT2D eigenvalue weighted by Crippen LogP contribution is -1.99.